The van der Waals surface area contributed by atoms with Gasteiger partial charge in [0.05, 0.1) is 13.2 Å². The van der Waals surface area contributed by atoms with Crippen LogP contribution in [0.15, 0.2) is 12.2 Å². The van der Waals surface area contributed by atoms with Gasteiger partial charge in [0.2, 0.25) is 0 Å². The molecule has 0 fully saturated rings. The van der Waals surface area contributed by atoms with Crippen LogP contribution in [0, 0.1) is 0 Å². The number of rotatable bonds is 30. The molecule has 0 spiro atoms. The number of phosphoric acid groups is 1. The summed E-state index contributed by atoms with van der Waals surface area (Å²) in [6.07, 6.45) is 24.2. The van der Waals surface area contributed by atoms with Crippen LogP contribution in [0.4, 0.5) is 0 Å². The number of ether oxygens (including phenoxy) is 2. The van der Waals surface area contributed by atoms with E-state index in [1.165, 1.54) is 44.9 Å². The zero-order valence-corrected chi connectivity index (χ0v) is 26.9. The number of carbonyl (C=O) groups is 2. The first-order valence-corrected chi connectivity index (χ1v) is 17.7. The molecule has 0 aromatic rings. The molecule has 10 heteroatoms. The van der Waals surface area contributed by atoms with Crippen LogP contribution in [0.5, 0.6) is 0 Å². The van der Waals surface area contributed by atoms with Crippen molar-refractivity contribution in [3.63, 3.8) is 0 Å². The summed E-state index contributed by atoms with van der Waals surface area (Å²) in [7, 11) is -4.35. The summed E-state index contributed by atoms with van der Waals surface area (Å²) in [6.45, 7) is 3.61. The quantitative estimate of drug-likeness (QED) is 0.0362. The van der Waals surface area contributed by atoms with Crippen LogP contribution in [0.1, 0.15) is 142 Å². The zero-order valence-electron chi connectivity index (χ0n) is 26.0. The third-order valence-electron chi connectivity index (χ3n) is 6.65. The minimum Gasteiger partial charge on any atom is -0.462 e. The molecule has 0 aromatic heterocycles. The van der Waals surface area contributed by atoms with Gasteiger partial charge < -0.3 is 20.1 Å². The number of esters is 2. The number of hydrogen-bond acceptors (Lipinski definition) is 8. The van der Waals surface area contributed by atoms with E-state index in [9.17, 15) is 19.0 Å². The molecule has 0 aromatic carbocycles. The van der Waals surface area contributed by atoms with Crippen molar-refractivity contribution in [3.05, 3.63) is 12.2 Å². The Balaban J connectivity index is 4.22. The summed E-state index contributed by atoms with van der Waals surface area (Å²) >= 11 is 0. The molecule has 0 rings (SSSR count). The van der Waals surface area contributed by atoms with Crippen LogP contribution < -0.4 is 5.73 Å². The maximum absolute atomic E-state index is 12.3. The average Bonchev–Trinajstić information content (AvgIpc) is 2.95. The molecule has 0 amide bonds. The molecule has 0 aliphatic heterocycles. The fourth-order valence-electron chi connectivity index (χ4n) is 4.21. The van der Waals surface area contributed by atoms with E-state index in [2.05, 4.69) is 26.0 Å². The molecule has 0 radical (unpaired) electrons. The first-order chi connectivity index (χ1) is 19.8. The van der Waals surface area contributed by atoms with E-state index >= 15 is 0 Å². The van der Waals surface area contributed by atoms with Gasteiger partial charge in [0.25, 0.3) is 0 Å². The number of phosphoric ester groups is 1. The maximum atomic E-state index is 12.3. The summed E-state index contributed by atoms with van der Waals surface area (Å²) in [5.41, 5.74) is 5.29. The normalized spacial score (nSPS) is 13.8. The summed E-state index contributed by atoms with van der Waals surface area (Å²) in [5, 5.41) is 0. The van der Waals surface area contributed by atoms with Gasteiger partial charge in [0, 0.05) is 19.4 Å². The lowest BCUT2D eigenvalue weighted by atomic mass is 10.1. The van der Waals surface area contributed by atoms with Crippen molar-refractivity contribution in [1.29, 1.82) is 0 Å². The van der Waals surface area contributed by atoms with Gasteiger partial charge in [-0.25, -0.2) is 4.57 Å². The van der Waals surface area contributed by atoms with Crippen molar-refractivity contribution < 1.29 is 37.6 Å². The highest BCUT2D eigenvalue weighted by atomic mass is 31.2. The van der Waals surface area contributed by atoms with E-state index in [4.69, 9.17) is 24.3 Å². The Hall–Kier alpha value is -1.25. The lowest BCUT2D eigenvalue weighted by Gasteiger charge is -2.19. The predicted molar refractivity (Wildman–Crippen MR) is 164 cm³/mol. The molecule has 1 unspecified atom stereocenters. The zero-order chi connectivity index (χ0) is 30.4. The van der Waals surface area contributed by atoms with Crippen LogP contribution in [-0.4, -0.2) is 49.3 Å². The first kappa shape index (κ1) is 39.8. The molecule has 0 aliphatic carbocycles. The van der Waals surface area contributed by atoms with Crippen molar-refractivity contribution >= 4 is 19.8 Å². The Morgan fingerprint density at radius 2 is 1.20 bits per heavy atom. The van der Waals surface area contributed by atoms with E-state index in [0.717, 1.165) is 64.2 Å². The van der Waals surface area contributed by atoms with E-state index < -0.39 is 32.5 Å². The summed E-state index contributed by atoms with van der Waals surface area (Å²) in [4.78, 5) is 34.3. The largest absolute Gasteiger partial charge is 0.472 e. The molecular formula is C31H60NO8P. The van der Waals surface area contributed by atoms with Gasteiger partial charge in [0.15, 0.2) is 6.10 Å². The smallest absolute Gasteiger partial charge is 0.462 e. The van der Waals surface area contributed by atoms with Crippen LogP contribution in [0.25, 0.3) is 0 Å². The Kier molecular flexibility index (Phi) is 28.0. The van der Waals surface area contributed by atoms with Gasteiger partial charge in [-0.15, -0.1) is 0 Å². The van der Waals surface area contributed by atoms with E-state index in [1.807, 2.05) is 0 Å². The molecule has 9 nitrogen and oxygen atoms in total. The average molecular weight is 606 g/mol. The van der Waals surface area contributed by atoms with Crippen molar-refractivity contribution in [1.82, 2.24) is 0 Å². The second-order valence-corrected chi connectivity index (χ2v) is 12.1. The molecule has 242 valence electrons. The van der Waals surface area contributed by atoms with E-state index in [-0.39, 0.29) is 32.6 Å². The summed E-state index contributed by atoms with van der Waals surface area (Å²) in [6, 6.07) is 0. The minimum absolute atomic E-state index is 0.0541. The van der Waals surface area contributed by atoms with E-state index in [1.54, 1.807) is 0 Å². The van der Waals surface area contributed by atoms with Gasteiger partial charge in [0.1, 0.15) is 6.61 Å². The van der Waals surface area contributed by atoms with Crippen molar-refractivity contribution in [3.8, 4) is 0 Å². The van der Waals surface area contributed by atoms with E-state index in [0.29, 0.717) is 6.42 Å². The fraction of sp³-hybridized carbons (Fsp3) is 0.871. The predicted octanol–water partition coefficient (Wildman–Crippen LogP) is 7.93. The molecule has 0 bridgehead atoms. The third kappa shape index (κ3) is 28.6. The Bertz CT molecular complexity index is 704. The number of nitrogens with two attached hydrogens (primary N) is 1. The fourth-order valence-corrected chi connectivity index (χ4v) is 4.98. The van der Waals surface area contributed by atoms with Crippen LogP contribution in [0.2, 0.25) is 0 Å². The monoisotopic (exact) mass is 605 g/mol. The van der Waals surface area contributed by atoms with Gasteiger partial charge >= 0.3 is 19.8 Å². The molecule has 2 atom stereocenters. The highest BCUT2D eigenvalue weighted by molar-refractivity contribution is 7.47. The third-order valence-corrected chi connectivity index (χ3v) is 7.64. The van der Waals surface area contributed by atoms with Crippen LogP contribution in [0.3, 0.4) is 0 Å². The number of carbonyl (C=O) groups excluding carboxylic acids is 2. The summed E-state index contributed by atoms with van der Waals surface area (Å²) in [5.74, 6) is -0.849. The lowest BCUT2D eigenvalue weighted by molar-refractivity contribution is -0.161. The Morgan fingerprint density at radius 1 is 0.707 bits per heavy atom. The molecule has 0 saturated carbocycles. The van der Waals surface area contributed by atoms with Crippen molar-refractivity contribution in [2.75, 3.05) is 26.4 Å². The van der Waals surface area contributed by atoms with Gasteiger partial charge in [-0.3, -0.25) is 18.6 Å². The van der Waals surface area contributed by atoms with Gasteiger partial charge in [-0.05, 0) is 38.5 Å². The lowest BCUT2D eigenvalue weighted by Crippen LogP contribution is -2.29. The Labute approximate surface area is 249 Å². The van der Waals surface area contributed by atoms with Crippen molar-refractivity contribution in [2.45, 2.75) is 148 Å². The standard InChI is InChI=1S/C31H60NO8P/c1-3-5-7-9-11-12-13-14-15-16-17-18-20-21-23-30(33)37-27-29(28-39-41(35,36)38-26-25-32)40-31(34)24-22-19-10-8-6-4-2/h13-14,29H,3-12,15-28,32H2,1-2H3,(H,35,36)/b14-13+/t29-/m1/s1. The van der Waals surface area contributed by atoms with Crippen LogP contribution >= 0.6 is 7.82 Å². The highest BCUT2D eigenvalue weighted by Gasteiger charge is 2.25. The number of allylic oxidation sites excluding steroid dienone is 2. The molecule has 0 saturated heterocycles. The second-order valence-electron chi connectivity index (χ2n) is 10.7. The first-order valence-electron chi connectivity index (χ1n) is 16.2. The second kappa shape index (κ2) is 28.9. The topological polar surface area (TPSA) is 134 Å². The summed E-state index contributed by atoms with van der Waals surface area (Å²) < 4.78 is 32.3. The molecule has 41 heavy (non-hydrogen) atoms. The van der Waals surface area contributed by atoms with Gasteiger partial charge in [-0.2, -0.15) is 0 Å². The van der Waals surface area contributed by atoms with Gasteiger partial charge in [-0.1, -0.05) is 103 Å². The van der Waals surface area contributed by atoms with Crippen molar-refractivity contribution in [2.24, 2.45) is 5.73 Å². The molecule has 0 heterocycles. The molecule has 0 aliphatic rings. The maximum Gasteiger partial charge on any atom is 0.472 e. The number of unbranched alkanes of at least 4 members (excludes halogenated alkanes) is 15. The Morgan fingerprint density at radius 3 is 1.73 bits per heavy atom. The molecular weight excluding hydrogens is 545 g/mol. The van der Waals surface area contributed by atoms with Crippen LogP contribution in [-0.2, 0) is 32.7 Å². The highest BCUT2D eigenvalue weighted by Crippen LogP contribution is 2.43. The molecule has 3 N–H and O–H groups in total. The minimum atomic E-state index is -4.35. The number of hydrogen-bond donors (Lipinski definition) is 2. The SMILES string of the molecule is CCCCCCC/C=C/CCCCCCCC(=O)OC[C@H](COP(=O)(O)OCCN)OC(=O)CCCCCCCC.